The smallest absolute Gasteiger partial charge is 0.410 e. The van der Waals surface area contributed by atoms with Gasteiger partial charge < -0.3 is 14.6 Å². The van der Waals surface area contributed by atoms with Crippen molar-refractivity contribution < 1.29 is 9.53 Å². The second kappa shape index (κ2) is 9.54. The molecule has 0 spiro atoms. The van der Waals surface area contributed by atoms with Crippen LogP contribution in [0.25, 0.3) is 11.3 Å². The lowest BCUT2D eigenvalue weighted by Gasteiger charge is -2.35. The third-order valence-electron chi connectivity index (χ3n) is 4.86. The van der Waals surface area contributed by atoms with Crippen molar-refractivity contribution in [3.8, 4) is 17.3 Å². The minimum absolute atomic E-state index is 0.0174. The number of nitrogens with zero attached hydrogens (tertiary/aromatic N) is 4. The molecule has 2 heterocycles. The average Bonchev–Trinajstić information content (AvgIpc) is 2.73. The van der Waals surface area contributed by atoms with Crippen molar-refractivity contribution in [1.29, 1.82) is 5.26 Å². The van der Waals surface area contributed by atoms with E-state index in [2.05, 4.69) is 14.9 Å². The van der Waals surface area contributed by atoms with Crippen molar-refractivity contribution in [2.75, 3.05) is 32.4 Å². The van der Waals surface area contributed by atoms with Gasteiger partial charge in [0, 0.05) is 38.3 Å². The second-order valence-corrected chi connectivity index (χ2v) is 9.15. The molecule has 3 rings (SSSR count). The maximum Gasteiger partial charge on any atom is 0.410 e. The Morgan fingerprint density at radius 2 is 1.87 bits per heavy atom. The van der Waals surface area contributed by atoms with Crippen LogP contribution in [-0.4, -0.2) is 63.9 Å². The minimum Gasteiger partial charge on any atom is -0.444 e. The molecule has 1 N–H and O–H groups in total. The molecule has 1 aliphatic heterocycles. The van der Waals surface area contributed by atoms with Crippen LogP contribution in [0.15, 0.2) is 34.2 Å². The average molecular weight is 442 g/mol. The van der Waals surface area contributed by atoms with Gasteiger partial charge in [0.25, 0.3) is 5.56 Å². The number of hydrogen-bond acceptors (Lipinski definition) is 7. The maximum absolute atomic E-state index is 12.2. The monoisotopic (exact) mass is 441 g/mol. The molecular weight excluding hydrogens is 414 g/mol. The van der Waals surface area contributed by atoms with Crippen molar-refractivity contribution in [1.82, 2.24) is 19.8 Å². The fourth-order valence-electron chi connectivity index (χ4n) is 3.30. The molecule has 1 fully saturated rings. The Morgan fingerprint density at radius 3 is 2.42 bits per heavy atom. The van der Waals surface area contributed by atoms with Crippen LogP contribution in [0.2, 0.25) is 0 Å². The number of hydrogen-bond donors (Lipinski definition) is 1. The van der Waals surface area contributed by atoms with Gasteiger partial charge in [-0.1, -0.05) is 36.0 Å². The number of amides is 1. The largest absolute Gasteiger partial charge is 0.444 e. The van der Waals surface area contributed by atoms with Gasteiger partial charge in [-0.15, -0.1) is 0 Å². The number of benzene rings is 1. The number of nitriles is 1. The Hall–Kier alpha value is -2.83. The first-order chi connectivity index (χ1) is 14.7. The standard InChI is InChI=1S/C22H27N5O3S/c1-22(2,3)30-21(29)27-11-9-26(10-12-27)14-15-5-7-16(8-6-15)18-17(13-23)19(28)25-20(24-18)31-4/h5-8H,9-12,14H2,1-4H3,(H,24,25,28). The Balaban J connectivity index is 1.64. The number of aromatic amines is 1. The predicted molar refractivity (Wildman–Crippen MR) is 120 cm³/mol. The van der Waals surface area contributed by atoms with E-state index in [0.717, 1.165) is 30.8 Å². The molecule has 1 amide bonds. The van der Waals surface area contributed by atoms with E-state index < -0.39 is 11.2 Å². The van der Waals surface area contributed by atoms with Crippen molar-refractivity contribution in [3.05, 3.63) is 45.7 Å². The molecule has 8 nitrogen and oxygen atoms in total. The summed E-state index contributed by atoms with van der Waals surface area (Å²) >= 11 is 1.32. The highest BCUT2D eigenvalue weighted by Crippen LogP contribution is 2.22. The van der Waals surface area contributed by atoms with Crippen LogP contribution >= 0.6 is 11.8 Å². The molecule has 1 aliphatic rings. The summed E-state index contributed by atoms with van der Waals surface area (Å²) in [5, 5.41) is 9.84. The third-order valence-corrected chi connectivity index (χ3v) is 5.44. The van der Waals surface area contributed by atoms with Gasteiger partial charge in [0.1, 0.15) is 17.2 Å². The summed E-state index contributed by atoms with van der Waals surface area (Å²) in [4.78, 5) is 35.4. The van der Waals surface area contributed by atoms with E-state index in [1.165, 1.54) is 11.8 Å². The summed E-state index contributed by atoms with van der Waals surface area (Å²) in [6, 6.07) is 9.70. The van der Waals surface area contributed by atoms with Crippen LogP contribution in [0, 0.1) is 11.3 Å². The fraction of sp³-hybridized carbons (Fsp3) is 0.455. The second-order valence-electron chi connectivity index (χ2n) is 8.35. The molecule has 1 aromatic carbocycles. The summed E-state index contributed by atoms with van der Waals surface area (Å²) < 4.78 is 5.44. The van der Waals surface area contributed by atoms with Crippen LogP contribution in [0.4, 0.5) is 4.79 Å². The van der Waals surface area contributed by atoms with Gasteiger partial charge in [0.2, 0.25) is 0 Å². The van der Waals surface area contributed by atoms with Crippen molar-refractivity contribution in [2.45, 2.75) is 38.1 Å². The number of ether oxygens (including phenoxy) is 1. The summed E-state index contributed by atoms with van der Waals surface area (Å²) in [5.74, 6) is 0. The third kappa shape index (κ3) is 5.87. The molecule has 9 heteroatoms. The highest BCUT2D eigenvalue weighted by atomic mass is 32.2. The maximum atomic E-state index is 12.2. The number of H-pyrrole nitrogens is 1. The lowest BCUT2D eigenvalue weighted by atomic mass is 10.1. The number of carbonyl (C=O) groups is 1. The number of aromatic nitrogens is 2. The quantitative estimate of drug-likeness (QED) is 0.574. The van der Waals surface area contributed by atoms with Crippen LogP contribution < -0.4 is 5.56 Å². The van der Waals surface area contributed by atoms with Gasteiger partial charge in [-0.3, -0.25) is 9.69 Å². The molecule has 0 aliphatic carbocycles. The highest BCUT2D eigenvalue weighted by molar-refractivity contribution is 7.98. The SMILES string of the molecule is CSc1nc(-c2ccc(CN3CCN(C(=O)OC(C)(C)C)CC3)cc2)c(C#N)c(=O)[nH]1. The predicted octanol–water partition coefficient (Wildman–Crippen LogP) is 3.08. The zero-order chi connectivity index (χ0) is 22.6. The Labute approximate surface area is 186 Å². The zero-order valence-corrected chi connectivity index (χ0v) is 19.1. The topological polar surface area (TPSA) is 102 Å². The first-order valence-corrected chi connectivity index (χ1v) is 11.3. The van der Waals surface area contributed by atoms with E-state index in [-0.39, 0.29) is 11.7 Å². The molecule has 1 saturated heterocycles. The number of nitrogens with one attached hydrogen (secondary N) is 1. The van der Waals surface area contributed by atoms with Gasteiger partial charge >= 0.3 is 6.09 Å². The summed E-state index contributed by atoms with van der Waals surface area (Å²) in [7, 11) is 0. The number of carbonyl (C=O) groups excluding carboxylic acids is 1. The first kappa shape index (κ1) is 22.8. The van der Waals surface area contributed by atoms with E-state index in [9.17, 15) is 14.9 Å². The molecule has 164 valence electrons. The lowest BCUT2D eigenvalue weighted by Crippen LogP contribution is -2.49. The highest BCUT2D eigenvalue weighted by Gasteiger charge is 2.25. The molecule has 0 radical (unpaired) electrons. The number of rotatable bonds is 4. The molecule has 1 aromatic heterocycles. The molecule has 0 unspecified atom stereocenters. The summed E-state index contributed by atoms with van der Waals surface area (Å²) in [6.07, 6.45) is 1.56. The Morgan fingerprint density at radius 1 is 1.23 bits per heavy atom. The lowest BCUT2D eigenvalue weighted by molar-refractivity contribution is 0.0139. The molecule has 31 heavy (non-hydrogen) atoms. The zero-order valence-electron chi connectivity index (χ0n) is 18.3. The Bertz CT molecular complexity index is 1030. The van der Waals surface area contributed by atoms with E-state index in [1.807, 2.05) is 57.4 Å². The van der Waals surface area contributed by atoms with Gasteiger partial charge in [-0.05, 0) is 32.6 Å². The molecule has 0 atom stereocenters. The van der Waals surface area contributed by atoms with Crippen LogP contribution in [0.5, 0.6) is 0 Å². The summed E-state index contributed by atoms with van der Waals surface area (Å²) in [6.45, 7) is 9.17. The molecule has 0 saturated carbocycles. The molecule has 2 aromatic rings. The van der Waals surface area contributed by atoms with E-state index in [1.54, 1.807) is 4.90 Å². The van der Waals surface area contributed by atoms with E-state index in [0.29, 0.717) is 23.9 Å². The van der Waals surface area contributed by atoms with Crippen LogP contribution in [-0.2, 0) is 11.3 Å². The van der Waals surface area contributed by atoms with Gasteiger partial charge in [-0.25, -0.2) is 9.78 Å². The van der Waals surface area contributed by atoms with Crippen molar-refractivity contribution >= 4 is 17.9 Å². The molecular formula is C22H27N5O3S. The van der Waals surface area contributed by atoms with Crippen LogP contribution in [0.1, 0.15) is 31.9 Å². The van der Waals surface area contributed by atoms with Crippen LogP contribution in [0.3, 0.4) is 0 Å². The van der Waals surface area contributed by atoms with Crippen molar-refractivity contribution in [2.24, 2.45) is 0 Å². The van der Waals surface area contributed by atoms with Gasteiger partial charge in [0.05, 0.1) is 5.69 Å². The van der Waals surface area contributed by atoms with Gasteiger partial charge in [0.15, 0.2) is 5.16 Å². The van der Waals surface area contributed by atoms with E-state index in [4.69, 9.17) is 4.74 Å². The summed E-state index contributed by atoms with van der Waals surface area (Å²) in [5.41, 5.74) is 1.34. The first-order valence-electron chi connectivity index (χ1n) is 10.1. The minimum atomic E-state index is -0.490. The molecule has 0 bridgehead atoms. The number of thioether (sulfide) groups is 1. The Kier molecular flexibility index (Phi) is 7.03. The fourth-order valence-corrected chi connectivity index (χ4v) is 3.68. The normalized spacial score (nSPS) is 14.9. The van der Waals surface area contributed by atoms with Crippen molar-refractivity contribution in [3.63, 3.8) is 0 Å². The number of piperazine rings is 1. The van der Waals surface area contributed by atoms with Gasteiger partial charge in [-0.2, -0.15) is 5.26 Å². The van der Waals surface area contributed by atoms with E-state index >= 15 is 0 Å².